The second-order valence-corrected chi connectivity index (χ2v) is 8.89. The number of anilines is 1. The van der Waals surface area contributed by atoms with Crippen LogP contribution in [0, 0.1) is 0 Å². The molecule has 0 aliphatic carbocycles. The van der Waals surface area contributed by atoms with Crippen molar-refractivity contribution in [3.8, 4) is 5.75 Å². The van der Waals surface area contributed by atoms with Gasteiger partial charge in [0, 0.05) is 18.3 Å². The van der Waals surface area contributed by atoms with E-state index in [9.17, 15) is 13.2 Å². The Labute approximate surface area is 170 Å². The van der Waals surface area contributed by atoms with Crippen molar-refractivity contribution in [3.63, 3.8) is 0 Å². The highest BCUT2D eigenvalue weighted by Gasteiger charge is 2.39. The summed E-state index contributed by atoms with van der Waals surface area (Å²) in [5, 5.41) is 4.64. The summed E-state index contributed by atoms with van der Waals surface area (Å²) in [6.07, 6.45) is 1.13. The lowest BCUT2D eigenvalue weighted by molar-refractivity contribution is -0.119. The van der Waals surface area contributed by atoms with Gasteiger partial charge in [-0.15, -0.1) is 0 Å². The molecule has 7 heteroatoms. The molecule has 29 heavy (non-hydrogen) atoms. The lowest BCUT2D eigenvalue weighted by atomic mass is 10.1. The van der Waals surface area contributed by atoms with Crippen LogP contribution in [-0.2, 0) is 14.8 Å². The number of hydrogen-bond donors (Lipinski definition) is 1. The molecule has 0 aromatic heterocycles. The van der Waals surface area contributed by atoms with Gasteiger partial charge in [-0.1, -0.05) is 36.4 Å². The fourth-order valence-electron chi connectivity index (χ4n) is 3.68. The standard InChI is InChI=1S/C22H22N2O4S/c1-28-19-9-4-8-18(15-19)23-22(25)21-10-5-13-24(21)29(26,27)20-12-11-16-6-2-3-7-17(16)14-20/h2-4,6-9,11-12,14-15,21H,5,10,13H2,1H3,(H,23,25)/t21-/m1/s1. The molecule has 1 saturated heterocycles. The third kappa shape index (κ3) is 3.83. The summed E-state index contributed by atoms with van der Waals surface area (Å²) >= 11 is 0. The molecule has 0 unspecified atom stereocenters. The zero-order valence-electron chi connectivity index (χ0n) is 16.0. The maximum atomic E-state index is 13.3. The molecular weight excluding hydrogens is 388 g/mol. The van der Waals surface area contributed by atoms with Crippen molar-refractivity contribution in [3.05, 3.63) is 66.7 Å². The van der Waals surface area contributed by atoms with E-state index in [2.05, 4.69) is 5.32 Å². The van der Waals surface area contributed by atoms with E-state index in [1.54, 1.807) is 49.6 Å². The number of ether oxygens (including phenoxy) is 1. The second-order valence-electron chi connectivity index (χ2n) is 7.00. The normalized spacial score (nSPS) is 17.3. The molecule has 3 aromatic carbocycles. The van der Waals surface area contributed by atoms with Crippen LogP contribution in [0.15, 0.2) is 71.6 Å². The molecule has 3 aromatic rings. The summed E-state index contributed by atoms with van der Waals surface area (Å²) in [5.74, 6) is 0.287. The number of amides is 1. The lowest BCUT2D eigenvalue weighted by Crippen LogP contribution is -2.43. The van der Waals surface area contributed by atoms with Crippen LogP contribution in [0.1, 0.15) is 12.8 Å². The van der Waals surface area contributed by atoms with Gasteiger partial charge < -0.3 is 10.1 Å². The Morgan fingerprint density at radius 2 is 1.83 bits per heavy atom. The first-order chi connectivity index (χ1) is 14.0. The van der Waals surface area contributed by atoms with E-state index in [4.69, 9.17) is 4.74 Å². The van der Waals surface area contributed by atoms with Crippen LogP contribution in [-0.4, -0.2) is 38.3 Å². The van der Waals surface area contributed by atoms with Gasteiger partial charge in [-0.25, -0.2) is 8.42 Å². The van der Waals surface area contributed by atoms with Crippen molar-refractivity contribution in [2.24, 2.45) is 0 Å². The molecule has 1 fully saturated rings. The number of fused-ring (bicyclic) bond motifs is 1. The van der Waals surface area contributed by atoms with Crippen molar-refractivity contribution in [2.45, 2.75) is 23.8 Å². The smallest absolute Gasteiger partial charge is 0.243 e. The maximum absolute atomic E-state index is 13.3. The molecular formula is C22H22N2O4S. The van der Waals surface area contributed by atoms with E-state index < -0.39 is 16.1 Å². The largest absolute Gasteiger partial charge is 0.497 e. The van der Waals surface area contributed by atoms with Crippen LogP contribution >= 0.6 is 0 Å². The van der Waals surface area contributed by atoms with E-state index in [0.717, 1.165) is 10.8 Å². The highest BCUT2D eigenvalue weighted by Crippen LogP contribution is 2.29. The molecule has 4 rings (SSSR count). The zero-order chi connectivity index (χ0) is 20.4. The van der Waals surface area contributed by atoms with Gasteiger partial charge >= 0.3 is 0 Å². The second kappa shape index (κ2) is 7.85. The minimum Gasteiger partial charge on any atom is -0.497 e. The molecule has 1 aliphatic rings. The van der Waals surface area contributed by atoms with Gasteiger partial charge in [0.2, 0.25) is 15.9 Å². The first kappa shape index (κ1) is 19.4. The monoisotopic (exact) mass is 410 g/mol. The highest BCUT2D eigenvalue weighted by molar-refractivity contribution is 7.89. The lowest BCUT2D eigenvalue weighted by Gasteiger charge is -2.23. The molecule has 1 atom stereocenters. The molecule has 0 bridgehead atoms. The van der Waals surface area contributed by atoms with Gasteiger partial charge in [0.15, 0.2) is 0 Å². The molecule has 0 radical (unpaired) electrons. The Hall–Kier alpha value is -2.90. The maximum Gasteiger partial charge on any atom is 0.243 e. The van der Waals surface area contributed by atoms with Crippen molar-refractivity contribution < 1.29 is 17.9 Å². The van der Waals surface area contributed by atoms with Crippen molar-refractivity contribution in [1.82, 2.24) is 4.31 Å². The predicted molar refractivity (Wildman–Crippen MR) is 112 cm³/mol. The van der Waals surface area contributed by atoms with Crippen molar-refractivity contribution >= 4 is 32.4 Å². The first-order valence-electron chi connectivity index (χ1n) is 9.44. The van der Waals surface area contributed by atoms with Gasteiger partial charge in [0.05, 0.1) is 12.0 Å². The van der Waals surface area contributed by atoms with E-state index in [-0.39, 0.29) is 10.8 Å². The summed E-state index contributed by atoms with van der Waals surface area (Å²) in [6, 6.07) is 18.9. The van der Waals surface area contributed by atoms with Crippen molar-refractivity contribution in [2.75, 3.05) is 19.0 Å². The summed E-state index contributed by atoms with van der Waals surface area (Å²) in [4.78, 5) is 13.1. The van der Waals surface area contributed by atoms with E-state index in [0.29, 0.717) is 30.8 Å². The van der Waals surface area contributed by atoms with Gasteiger partial charge in [-0.05, 0) is 47.9 Å². The number of methoxy groups -OCH3 is 1. The summed E-state index contributed by atoms with van der Waals surface area (Å²) < 4.78 is 33.0. The van der Waals surface area contributed by atoms with Crippen LogP contribution in [0.3, 0.4) is 0 Å². The Balaban J connectivity index is 1.59. The molecule has 1 N–H and O–H groups in total. The van der Waals surface area contributed by atoms with Crippen LogP contribution in [0.4, 0.5) is 5.69 Å². The Morgan fingerprint density at radius 3 is 2.62 bits per heavy atom. The number of nitrogens with zero attached hydrogens (tertiary/aromatic N) is 1. The van der Waals surface area contributed by atoms with Gasteiger partial charge in [-0.3, -0.25) is 4.79 Å². The average molecular weight is 410 g/mol. The first-order valence-corrected chi connectivity index (χ1v) is 10.9. The van der Waals surface area contributed by atoms with Gasteiger partial charge in [-0.2, -0.15) is 4.31 Å². The summed E-state index contributed by atoms with van der Waals surface area (Å²) in [7, 11) is -2.23. The van der Waals surface area contributed by atoms with Gasteiger partial charge in [0.1, 0.15) is 11.8 Å². The summed E-state index contributed by atoms with van der Waals surface area (Å²) in [5.41, 5.74) is 0.573. The fraction of sp³-hybridized carbons (Fsp3) is 0.227. The number of rotatable bonds is 5. The number of nitrogens with one attached hydrogen (secondary N) is 1. The molecule has 6 nitrogen and oxygen atoms in total. The van der Waals surface area contributed by atoms with Gasteiger partial charge in [0.25, 0.3) is 0 Å². The minimum absolute atomic E-state index is 0.206. The van der Waals surface area contributed by atoms with E-state index >= 15 is 0 Å². The fourth-order valence-corrected chi connectivity index (χ4v) is 5.37. The predicted octanol–water partition coefficient (Wildman–Crippen LogP) is 3.64. The molecule has 150 valence electrons. The molecule has 1 amide bonds. The van der Waals surface area contributed by atoms with Crippen LogP contribution in [0.25, 0.3) is 10.8 Å². The number of carbonyl (C=O) groups excluding carboxylic acids is 1. The topological polar surface area (TPSA) is 75.7 Å². The van der Waals surface area contributed by atoms with Crippen LogP contribution in [0.5, 0.6) is 5.75 Å². The number of sulfonamides is 1. The molecule has 1 aliphatic heterocycles. The molecule has 0 spiro atoms. The molecule has 1 heterocycles. The number of hydrogen-bond acceptors (Lipinski definition) is 4. The Bertz CT molecular complexity index is 1160. The molecule has 0 saturated carbocycles. The summed E-state index contributed by atoms with van der Waals surface area (Å²) in [6.45, 7) is 0.325. The van der Waals surface area contributed by atoms with Crippen LogP contribution in [0.2, 0.25) is 0 Å². The zero-order valence-corrected chi connectivity index (χ0v) is 16.9. The van der Waals surface area contributed by atoms with Crippen molar-refractivity contribution in [1.29, 1.82) is 0 Å². The average Bonchev–Trinajstić information content (AvgIpc) is 3.24. The van der Waals surface area contributed by atoms with Crippen LogP contribution < -0.4 is 10.1 Å². The minimum atomic E-state index is -3.78. The third-order valence-corrected chi connectivity index (χ3v) is 7.08. The Morgan fingerprint density at radius 1 is 1.03 bits per heavy atom. The number of benzene rings is 3. The highest BCUT2D eigenvalue weighted by atomic mass is 32.2. The van der Waals surface area contributed by atoms with E-state index in [1.165, 1.54) is 4.31 Å². The number of carbonyl (C=O) groups is 1. The third-order valence-electron chi connectivity index (χ3n) is 5.17. The Kier molecular flexibility index (Phi) is 5.25. The SMILES string of the molecule is COc1cccc(NC(=O)[C@H]2CCCN2S(=O)(=O)c2ccc3ccccc3c2)c1. The van der Waals surface area contributed by atoms with E-state index in [1.807, 2.05) is 24.3 Å². The quantitative estimate of drug-likeness (QED) is 0.697.